The van der Waals surface area contributed by atoms with Crippen molar-refractivity contribution in [2.24, 2.45) is 0 Å². The Morgan fingerprint density at radius 3 is 2.21 bits per heavy atom. The Morgan fingerprint density at radius 1 is 0.895 bits per heavy atom. The number of hydrogen-bond acceptors (Lipinski definition) is 4. The molecule has 4 heteroatoms. The van der Waals surface area contributed by atoms with Gasteiger partial charge in [0.15, 0.2) is 5.76 Å². The van der Waals surface area contributed by atoms with Gasteiger partial charge in [0.25, 0.3) is 6.01 Å². The van der Waals surface area contributed by atoms with Crippen molar-refractivity contribution in [2.75, 3.05) is 5.73 Å². The third kappa shape index (κ3) is 2.57. The van der Waals surface area contributed by atoms with Crippen molar-refractivity contribution >= 4 is 6.01 Å². The second-order valence-corrected chi connectivity index (χ2v) is 4.00. The Balaban J connectivity index is 1.79. The predicted molar refractivity (Wildman–Crippen MR) is 72.9 cm³/mol. The average molecular weight is 252 g/mol. The van der Waals surface area contributed by atoms with E-state index in [1.807, 2.05) is 54.6 Å². The molecule has 19 heavy (non-hydrogen) atoms. The zero-order valence-electron chi connectivity index (χ0n) is 10.1. The summed E-state index contributed by atoms with van der Waals surface area (Å²) in [5.74, 6) is 2.21. The summed E-state index contributed by atoms with van der Waals surface area (Å²) in [4.78, 5) is 3.86. The molecular weight excluding hydrogens is 240 g/mol. The highest BCUT2D eigenvalue weighted by Gasteiger charge is 2.04. The molecular formula is C15H12N2O2. The van der Waals surface area contributed by atoms with Crippen molar-refractivity contribution in [3.63, 3.8) is 0 Å². The third-order valence-electron chi connectivity index (χ3n) is 2.64. The normalized spacial score (nSPS) is 10.3. The second-order valence-electron chi connectivity index (χ2n) is 4.00. The number of rotatable bonds is 3. The Bertz CT molecular complexity index is 660. The van der Waals surface area contributed by atoms with Crippen LogP contribution in [0.1, 0.15) is 0 Å². The Labute approximate surface area is 110 Å². The number of hydrogen-bond donors (Lipinski definition) is 1. The van der Waals surface area contributed by atoms with Crippen LogP contribution in [0.4, 0.5) is 6.01 Å². The number of nitrogens with zero attached hydrogens (tertiary/aromatic N) is 1. The highest BCUT2D eigenvalue weighted by atomic mass is 16.5. The molecule has 94 valence electrons. The van der Waals surface area contributed by atoms with E-state index < -0.39 is 0 Å². The van der Waals surface area contributed by atoms with Gasteiger partial charge in [0.2, 0.25) is 0 Å². The highest BCUT2D eigenvalue weighted by Crippen LogP contribution is 2.26. The van der Waals surface area contributed by atoms with Crippen LogP contribution in [0.3, 0.4) is 0 Å². The Hall–Kier alpha value is -2.75. The summed E-state index contributed by atoms with van der Waals surface area (Å²) in [5.41, 5.74) is 6.35. The fraction of sp³-hybridized carbons (Fsp3) is 0. The summed E-state index contributed by atoms with van der Waals surface area (Å²) in [6.07, 6.45) is 1.60. The smallest absolute Gasteiger partial charge is 0.292 e. The molecule has 0 saturated carbocycles. The lowest BCUT2D eigenvalue weighted by Crippen LogP contribution is -1.83. The van der Waals surface area contributed by atoms with Gasteiger partial charge in [-0.3, -0.25) is 0 Å². The van der Waals surface area contributed by atoms with Gasteiger partial charge in [-0.15, -0.1) is 0 Å². The first-order chi connectivity index (χ1) is 9.31. The molecule has 0 spiro atoms. The van der Waals surface area contributed by atoms with E-state index in [9.17, 15) is 0 Å². The molecule has 3 rings (SSSR count). The number of ether oxygens (including phenoxy) is 1. The number of benzene rings is 2. The van der Waals surface area contributed by atoms with E-state index >= 15 is 0 Å². The van der Waals surface area contributed by atoms with Crippen LogP contribution in [0.5, 0.6) is 11.5 Å². The Kier molecular flexibility index (Phi) is 2.90. The summed E-state index contributed by atoms with van der Waals surface area (Å²) in [5, 5.41) is 0. The lowest BCUT2D eigenvalue weighted by molar-refractivity contribution is 0.482. The standard InChI is InChI=1S/C15H12N2O2/c16-15-17-10-14(19-15)11-6-8-13(9-7-11)18-12-4-2-1-3-5-12/h1-10H,(H2,16,17). The van der Waals surface area contributed by atoms with E-state index in [0.717, 1.165) is 17.1 Å². The minimum Gasteiger partial charge on any atom is -0.457 e. The molecule has 2 N–H and O–H groups in total. The topological polar surface area (TPSA) is 61.3 Å². The van der Waals surface area contributed by atoms with E-state index in [4.69, 9.17) is 14.9 Å². The maximum Gasteiger partial charge on any atom is 0.292 e. The molecule has 0 aliphatic rings. The van der Waals surface area contributed by atoms with Crippen molar-refractivity contribution in [3.8, 4) is 22.8 Å². The van der Waals surface area contributed by atoms with E-state index in [1.54, 1.807) is 6.20 Å². The van der Waals surface area contributed by atoms with Gasteiger partial charge in [-0.1, -0.05) is 18.2 Å². The molecule has 4 nitrogen and oxygen atoms in total. The molecule has 0 aliphatic carbocycles. The molecule has 2 aromatic carbocycles. The monoisotopic (exact) mass is 252 g/mol. The molecule has 0 fully saturated rings. The summed E-state index contributed by atoms with van der Waals surface area (Å²) in [7, 11) is 0. The molecule has 0 aliphatic heterocycles. The van der Waals surface area contributed by atoms with Crippen LogP contribution in [0, 0.1) is 0 Å². The minimum atomic E-state index is 0.166. The van der Waals surface area contributed by atoms with Crippen LogP contribution >= 0.6 is 0 Å². The fourth-order valence-electron chi connectivity index (χ4n) is 1.73. The molecule has 3 aromatic rings. The molecule has 1 aromatic heterocycles. The minimum absolute atomic E-state index is 0.166. The zero-order valence-corrected chi connectivity index (χ0v) is 10.1. The van der Waals surface area contributed by atoms with Crippen LogP contribution in [-0.2, 0) is 0 Å². The van der Waals surface area contributed by atoms with Gasteiger partial charge in [-0.25, -0.2) is 4.98 Å². The predicted octanol–water partition coefficient (Wildman–Crippen LogP) is 3.72. The van der Waals surface area contributed by atoms with E-state index in [2.05, 4.69) is 4.98 Å². The second kappa shape index (κ2) is 4.86. The van der Waals surface area contributed by atoms with Crippen molar-refractivity contribution in [1.29, 1.82) is 0 Å². The number of anilines is 1. The lowest BCUT2D eigenvalue weighted by atomic mass is 10.2. The SMILES string of the molecule is Nc1ncc(-c2ccc(Oc3ccccc3)cc2)o1. The number of para-hydroxylation sites is 1. The molecule has 0 radical (unpaired) electrons. The summed E-state index contributed by atoms with van der Waals surface area (Å²) in [6.45, 7) is 0. The number of aromatic nitrogens is 1. The van der Waals surface area contributed by atoms with E-state index in [1.165, 1.54) is 0 Å². The van der Waals surface area contributed by atoms with E-state index in [0.29, 0.717) is 5.76 Å². The van der Waals surface area contributed by atoms with Gasteiger partial charge in [0.1, 0.15) is 11.5 Å². The van der Waals surface area contributed by atoms with Gasteiger partial charge in [0, 0.05) is 5.56 Å². The summed E-state index contributed by atoms with van der Waals surface area (Å²) < 4.78 is 11.0. The van der Waals surface area contributed by atoms with Gasteiger partial charge in [-0.05, 0) is 36.4 Å². The molecule has 0 amide bonds. The van der Waals surface area contributed by atoms with Crippen molar-refractivity contribution in [1.82, 2.24) is 4.98 Å². The Morgan fingerprint density at radius 2 is 1.58 bits per heavy atom. The summed E-state index contributed by atoms with van der Waals surface area (Å²) >= 11 is 0. The first kappa shape index (κ1) is 11.3. The maximum absolute atomic E-state index is 5.70. The number of nitrogens with two attached hydrogens (primary N) is 1. The van der Waals surface area contributed by atoms with Gasteiger partial charge >= 0.3 is 0 Å². The molecule has 0 bridgehead atoms. The van der Waals surface area contributed by atoms with Crippen molar-refractivity contribution in [3.05, 3.63) is 60.8 Å². The van der Waals surface area contributed by atoms with Crippen LogP contribution in [0.2, 0.25) is 0 Å². The zero-order chi connectivity index (χ0) is 13.1. The molecule has 0 atom stereocenters. The molecule has 0 saturated heterocycles. The van der Waals surface area contributed by atoms with Gasteiger partial charge in [0.05, 0.1) is 6.20 Å². The highest BCUT2D eigenvalue weighted by molar-refractivity contribution is 5.58. The largest absolute Gasteiger partial charge is 0.457 e. The maximum atomic E-state index is 5.70. The number of nitrogen functional groups attached to an aromatic ring is 1. The van der Waals surface area contributed by atoms with Crippen LogP contribution < -0.4 is 10.5 Å². The average Bonchev–Trinajstić information content (AvgIpc) is 2.87. The number of oxazole rings is 1. The third-order valence-corrected chi connectivity index (χ3v) is 2.64. The van der Waals surface area contributed by atoms with Crippen LogP contribution in [0.15, 0.2) is 65.2 Å². The first-order valence-electron chi connectivity index (χ1n) is 5.86. The van der Waals surface area contributed by atoms with Crippen LogP contribution in [0.25, 0.3) is 11.3 Å². The van der Waals surface area contributed by atoms with Crippen molar-refractivity contribution in [2.45, 2.75) is 0 Å². The van der Waals surface area contributed by atoms with Gasteiger partial charge in [-0.2, -0.15) is 0 Å². The van der Waals surface area contributed by atoms with Gasteiger partial charge < -0.3 is 14.9 Å². The first-order valence-corrected chi connectivity index (χ1v) is 5.86. The molecule has 0 unspecified atom stereocenters. The summed E-state index contributed by atoms with van der Waals surface area (Å²) in [6, 6.07) is 17.3. The lowest BCUT2D eigenvalue weighted by Gasteiger charge is -2.05. The molecule has 1 heterocycles. The quantitative estimate of drug-likeness (QED) is 0.771. The van der Waals surface area contributed by atoms with E-state index in [-0.39, 0.29) is 6.01 Å². The van der Waals surface area contributed by atoms with Crippen molar-refractivity contribution < 1.29 is 9.15 Å². The fourth-order valence-corrected chi connectivity index (χ4v) is 1.73. The van der Waals surface area contributed by atoms with Crippen LogP contribution in [-0.4, -0.2) is 4.98 Å².